The molecule has 0 amide bonds. The topological polar surface area (TPSA) is 37.3 Å². The fourth-order valence-corrected chi connectivity index (χ4v) is 1.88. The number of aliphatic carboxylic acids is 1. The second-order valence-corrected chi connectivity index (χ2v) is 4.35. The normalized spacial score (nSPS) is 10.7. The summed E-state index contributed by atoms with van der Waals surface area (Å²) in [5, 5.41) is 9.08. The Morgan fingerprint density at radius 1 is 1.40 bits per heavy atom. The second kappa shape index (κ2) is 6.53. The van der Waals surface area contributed by atoms with Gasteiger partial charge in [0.15, 0.2) is 0 Å². The van der Waals surface area contributed by atoms with E-state index in [1.807, 2.05) is 24.3 Å². The Morgan fingerprint density at radius 3 is 2.67 bits per heavy atom. The highest BCUT2D eigenvalue weighted by Crippen LogP contribution is 2.15. The lowest BCUT2D eigenvalue weighted by molar-refractivity contribution is -0.131. The van der Waals surface area contributed by atoms with Gasteiger partial charge in [-0.05, 0) is 17.7 Å². The van der Waals surface area contributed by atoms with Gasteiger partial charge in [0.1, 0.15) is 0 Å². The van der Waals surface area contributed by atoms with Crippen LogP contribution in [-0.4, -0.2) is 16.8 Å². The predicted octanol–water partition coefficient (Wildman–Crippen LogP) is 3.21. The highest BCUT2D eigenvalue weighted by atomic mass is 35.5. The van der Waals surface area contributed by atoms with E-state index in [4.69, 9.17) is 16.7 Å². The summed E-state index contributed by atoms with van der Waals surface area (Å²) in [7, 11) is 0. The summed E-state index contributed by atoms with van der Waals surface area (Å²) in [4.78, 5) is 10.2. The molecule has 2 nitrogen and oxygen atoms in total. The summed E-state index contributed by atoms with van der Waals surface area (Å²) >= 11 is 7.41. The van der Waals surface area contributed by atoms with Crippen molar-refractivity contribution in [3.8, 4) is 0 Å². The molecule has 1 aromatic carbocycles. The van der Waals surface area contributed by atoms with E-state index in [-0.39, 0.29) is 0 Å². The van der Waals surface area contributed by atoms with Crippen molar-refractivity contribution in [3.63, 3.8) is 0 Å². The average molecular weight is 243 g/mol. The Kier molecular flexibility index (Phi) is 5.29. The highest BCUT2D eigenvalue weighted by molar-refractivity contribution is 7.98. The molecular formula is C11H11ClO2S. The van der Waals surface area contributed by atoms with E-state index >= 15 is 0 Å². The molecule has 0 aliphatic heterocycles. The van der Waals surface area contributed by atoms with E-state index in [9.17, 15) is 4.79 Å². The molecule has 0 fully saturated rings. The monoisotopic (exact) mass is 242 g/mol. The van der Waals surface area contributed by atoms with Crippen LogP contribution in [0.25, 0.3) is 0 Å². The third-order valence-corrected chi connectivity index (χ3v) is 2.87. The van der Waals surface area contributed by atoms with E-state index in [1.165, 1.54) is 5.56 Å². The van der Waals surface area contributed by atoms with E-state index in [1.54, 1.807) is 17.8 Å². The molecule has 0 atom stereocenters. The Balaban J connectivity index is 2.26. The van der Waals surface area contributed by atoms with Crippen molar-refractivity contribution in [3.05, 3.63) is 47.0 Å². The van der Waals surface area contributed by atoms with Crippen molar-refractivity contribution in [2.24, 2.45) is 0 Å². The first-order chi connectivity index (χ1) is 7.18. The number of thioether (sulfide) groups is 1. The zero-order chi connectivity index (χ0) is 11.1. The first-order valence-electron chi connectivity index (χ1n) is 4.40. The molecule has 1 rings (SSSR count). The average Bonchev–Trinajstić information content (AvgIpc) is 2.20. The Morgan fingerprint density at radius 2 is 2.07 bits per heavy atom. The van der Waals surface area contributed by atoms with E-state index in [0.717, 1.165) is 16.9 Å². The first-order valence-corrected chi connectivity index (χ1v) is 5.93. The van der Waals surface area contributed by atoms with Crippen molar-refractivity contribution in [2.45, 2.75) is 5.75 Å². The molecular weight excluding hydrogens is 232 g/mol. The quantitative estimate of drug-likeness (QED) is 0.636. The Bertz CT molecular complexity index is 346. The predicted molar refractivity (Wildman–Crippen MR) is 64.4 cm³/mol. The minimum atomic E-state index is -0.901. The molecule has 1 aromatic rings. The minimum Gasteiger partial charge on any atom is -0.478 e. The van der Waals surface area contributed by atoms with Crippen LogP contribution in [0, 0.1) is 0 Å². The summed E-state index contributed by atoms with van der Waals surface area (Å²) in [6.07, 6.45) is 2.80. The number of hydrogen-bond donors (Lipinski definition) is 1. The summed E-state index contributed by atoms with van der Waals surface area (Å²) in [5.74, 6) is 0.665. The van der Waals surface area contributed by atoms with Gasteiger partial charge in [-0.15, -0.1) is 0 Å². The molecule has 0 heterocycles. The van der Waals surface area contributed by atoms with Gasteiger partial charge in [-0.25, -0.2) is 4.79 Å². The number of carbonyl (C=O) groups is 1. The van der Waals surface area contributed by atoms with E-state index in [0.29, 0.717) is 5.75 Å². The third-order valence-electron chi connectivity index (χ3n) is 1.66. The van der Waals surface area contributed by atoms with Gasteiger partial charge < -0.3 is 5.11 Å². The summed E-state index contributed by atoms with van der Waals surface area (Å²) in [5.41, 5.74) is 1.19. The van der Waals surface area contributed by atoms with Crippen LogP contribution in [0.1, 0.15) is 5.56 Å². The summed E-state index contributed by atoms with van der Waals surface area (Å²) in [6, 6.07) is 7.64. The fourth-order valence-electron chi connectivity index (χ4n) is 0.974. The molecule has 1 N–H and O–H groups in total. The van der Waals surface area contributed by atoms with Gasteiger partial charge in [-0.2, -0.15) is 11.8 Å². The van der Waals surface area contributed by atoms with Crippen LogP contribution in [0.5, 0.6) is 0 Å². The zero-order valence-corrected chi connectivity index (χ0v) is 9.59. The maximum absolute atomic E-state index is 10.2. The SMILES string of the molecule is O=C(O)/C=C/CSCc1ccc(Cl)cc1. The number of carboxylic acids is 1. The third kappa shape index (κ3) is 5.50. The lowest BCUT2D eigenvalue weighted by atomic mass is 10.2. The van der Waals surface area contributed by atoms with E-state index < -0.39 is 5.97 Å². The van der Waals surface area contributed by atoms with Crippen molar-refractivity contribution < 1.29 is 9.90 Å². The molecule has 15 heavy (non-hydrogen) atoms. The van der Waals surface area contributed by atoms with Crippen molar-refractivity contribution in [2.75, 3.05) is 5.75 Å². The number of rotatable bonds is 5. The van der Waals surface area contributed by atoms with Crippen molar-refractivity contribution in [1.29, 1.82) is 0 Å². The van der Waals surface area contributed by atoms with Gasteiger partial charge in [0.05, 0.1) is 0 Å². The molecule has 0 spiro atoms. The summed E-state index contributed by atoms with van der Waals surface area (Å²) in [6.45, 7) is 0. The van der Waals surface area contributed by atoms with Gasteiger partial charge in [0, 0.05) is 22.6 Å². The standard InChI is InChI=1S/C11H11ClO2S/c12-10-5-3-9(4-6-10)8-15-7-1-2-11(13)14/h1-6H,7-8H2,(H,13,14)/b2-1+. The molecule has 0 aromatic heterocycles. The molecule has 0 aliphatic rings. The maximum Gasteiger partial charge on any atom is 0.328 e. The molecule has 0 unspecified atom stereocenters. The first kappa shape index (κ1) is 12.1. The van der Waals surface area contributed by atoms with Crippen molar-refractivity contribution >= 4 is 29.3 Å². The van der Waals surface area contributed by atoms with Crippen molar-refractivity contribution in [1.82, 2.24) is 0 Å². The molecule has 0 radical (unpaired) electrons. The minimum absolute atomic E-state index is 0.703. The van der Waals surface area contributed by atoms with Gasteiger partial charge in [0.25, 0.3) is 0 Å². The molecule has 80 valence electrons. The smallest absolute Gasteiger partial charge is 0.328 e. The number of benzene rings is 1. The largest absolute Gasteiger partial charge is 0.478 e. The van der Waals surface area contributed by atoms with E-state index in [2.05, 4.69) is 0 Å². The lowest BCUT2D eigenvalue weighted by Gasteiger charge is -1.99. The van der Waals surface area contributed by atoms with Gasteiger partial charge in [-0.3, -0.25) is 0 Å². The Labute approximate surface area is 97.9 Å². The fraction of sp³-hybridized carbons (Fsp3) is 0.182. The molecule has 0 saturated heterocycles. The summed E-state index contributed by atoms with van der Waals surface area (Å²) < 4.78 is 0. The Hall–Kier alpha value is -0.930. The maximum atomic E-state index is 10.2. The van der Waals surface area contributed by atoms with Gasteiger partial charge >= 0.3 is 5.97 Å². The van der Waals surface area contributed by atoms with Crippen LogP contribution >= 0.6 is 23.4 Å². The van der Waals surface area contributed by atoms with Crippen LogP contribution in [0.15, 0.2) is 36.4 Å². The van der Waals surface area contributed by atoms with Gasteiger partial charge in [0.2, 0.25) is 0 Å². The highest BCUT2D eigenvalue weighted by Gasteiger charge is 1.93. The number of carboxylic acid groups (broad SMARTS) is 1. The van der Waals surface area contributed by atoms with Crippen LogP contribution in [0.2, 0.25) is 5.02 Å². The molecule has 0 bridgehead atoms. The lowest BCUT2D eigenvalue weighted by Crippen LogP contribution is -1.87. The number of hydrogen-bond acceptors (Lipinski definition) is 2. The molecule has 0 saturated carbocycles. The van der Waals surface area contributed by atoms with Crippen LogP contribution in [0.3, 0.4) is 0 Å². The number of halogens is 1. The second-order valence-electron chi connectivity index (χ2n) is 2.88. The zero-order valence-electron chi connectivity index (χ0n) is 8.02. The molecule has 4 heteroatoms. The molecule has 0 aliphatic carbocycles. The van der Waals surface area contributed by atoms with Crippen LogP contribution < -0.4 is 0 Å². The van der Waals surface area contributed by atoms with Gasteiger partial charge in [-0.1, -0.05) is 29.8 Å². The van der Waals surface area contributed by atoms with Crippen LogP contribution in [0.4, 0.5) is 0 Å². The van der Waals surface area contributed by atoms with Crippen LogP contribution in [-0.2, 0) is 10.5 Å².